The molecule has 0 bridgehead atoms. The number of aliphatic hydroxyl groups excluding tert-OH is 1. The highest BCUT2D eigenvalue weighted by Gasteiger charge is 2.22. The molecule has 2 unspecified atom stereocenters. The summed E-state index contributed by atoms with van der Waals surface area (Å²) in [5, 5.41) is 16.2. The van der Waals surface area contributed by atoms with E-state index < -0.39 is 0 Å². The lowest BCUT2D eigenvalue weighted by Gasteiger charge is -2.21. The van der Waals surface area contributed by atoms with Gasteiger partial charge >= 0.3 is 0 Å². The van der Waals surface area contributed by atoms with Crippen LogP contribution < -0.4 is 10.6 Å². The third kappa shape index (κ3) is 6.36. The van der Waals surface area contributed by atoms with Crippen LogP contribution in [0.25, 0.3) is 0 Å². The molecule has 0 radical (unpaired) electrons. The van der Waals surface area contributed by atoms with Crippen LogP contribution in [0.5, 0.6) is 0 Å². The molecule has 0 aliphatic heterocycles. The van der Waals surface area contributed by atoms with Crippen molar-refractivity contribution in [2.45, 2.75) is 77.0 Å². The fourth-order valence-electron chi connectivity index (χ4n) is 2.38. The summed E-state index contributed by atoms with van der Waals surface area (Å²) < 4.78 is 0. The standard InChI is InChI=1S/C14H28N2O2/c1-11(2)15-10-6-9-14(18)16-12-7-4-3-5-8-13(12)17/h11-13,15,17H,3-10H2,1-2H3,(H,16,18). The van der Waals surface area contributed by atoms with E-state index in [1.165, 1.54) is 6.42 Å². The number of amides is 1. The normalized spacial score (nSPS) is 24.9. The maximum absolute atomic E-state index is 11.8. The smallest absolute Gasteiger partial charge is 0.220 e. The maximum atomic E-state index is 11.8. The zero-order chi connectivity index (χ0) is 13.4. The van der Waals surface area contributed by atoms with Gasteiger partial charge in [0.2, 0.25) is 5.91 Å². The van der Waals surface area contributed by atoms with Gasteiger partial charge in [-0.2, -0.15) is 0 Å². The fourth-order valence-corrected chi connectivity index (χ4v) is 2.38. The van der Waals surface area contributed by atoms with E-state index in [4.69, 9.17) is 0 Å². The van der Waals surface area contributed by atoms with Crippen molar-refractivity contribution in [3.63, 3.8) is 0 Å². The summed E-state index contributed by atoms with van der Waals surface area (Å²) in [6.07, 6.45) is 6.13. The average Bonchev–Trinajstić information content (AvgIpc) is 2.50. The third-order valence-corrected chi connectivity index (χ3v) is 3.46. The van der Waals surface area contributed by atoms with Crippen LogP contribution in [0.3, 0.4) is 0 Å². The van der Waals surface area contributed by atoms with E-state index in [-0.39, 0.29) is 18.1 Å². The van der Waals surface area contributed by atoms with Crippen LogP contribution in [0.2, 0.25) is 0 Å². The minimum atomic E-state index is -0.356. The van der Waals surface area contributed by atoms with E-state index in [1.54, 1.807) is 0 Å². The summed E-state index contributed by atoms with van der Waals surface area (Å²) in [5.41, 5.74) is 0. The first-order valence-electron chi connectivity index (χ1n) is 7.30. The van der Waals surface area contributed by atoms with E-state index in [0.717, 1.165) is 38.6 Å². The molecule has 106 valence electrons. The van der Waals surface area contributed by atoms with E-state index in [2.05, 4.69) is 24.5 Å². The number of carbonyl (C=O) groups is 1. The molecule has 3 N–H and O–H groups in total. The van der Waals surface area contributed by atoms with Gasteiger partial charge in [0.25, 0.3) is 0 Å². The van der Waals surface area contributed by atoms with Crippen LogP contribution in [0.1, 0.15) is 58.8 Å². The minimum absolute atomic E-state index is 0.0296. The highest BCUT2D eigenvalue weighted by atomic mass is 16.3. The summed E-state index contributed by atoms with van der Waals surface area (Å²) in [6, 6.07) is 0.440. The first-order chi connectivity index (χ1) is 8.59. The second kappa shape index (κ2) is 8.48. The van der Waals surface area contributed by atoms with Crippen molar-refractivity contribution in [3.8, 4) is 0 Å². The van der Waals surface area contributed by atoms with E-state index in [1.807, 2.05) is 0 Å². The molecule has 0 heterocycles. The lowest BCUT2D eigenvalue weighted by atomic mass is 10.1. The largest absolute Gasteiger partial charge is 0.391 e. The number of hydrogen-bond acceptors (Lipinski definition) is 3. The van der Waals surface area contributed by atoms with Crippen molar-refractivity contribution in [2.75, 3.05) is 6.54 Å². The van der Waals surface area contributed by atoms with Gasteiger partial charge in [0.05, 0.1) is 12.1 Å². The predicted molar refractivity (Wildman–Crippen MR) is 73.4 cm³/mol. The molecule has 1 aliphatic rings. The highest BCUT2D eigenvalue weighted by molar-refractivity contribution is 5.76. The van der Waals surface area contributed by atoms with Gasteiger partial charge in [0, 0.05) is 12.5 Å². The fraction of sp³-hybridized carbons (Fsp3) is 0.929. The molecule has 1 saturated carbocycles. The van der Waals surface area contributed by atoms with Gasteiger partial charge in [0.15, 0.2) is 0 Å². The van der Waals surface area contributed by atoms with Gasteiger partial charge in [-0.1, -0.05) is 33.1 Å². The van der Waals surface area contributed by atoms with Gasteiger partial charge in [-0.25, -0.2) is 0 Å². The van der Waals surface area contributed by atoms with Crippen molar-refractivity contribution in [3.05, 3.63) is 0 Å². The van der Waals surface area contributed by atoms with Gasteiger partial charge in [-0.05, 0) is 25.8 Å². The Morgan fingerprint density at radius 2 is 2.00 bits per heavy atom. The third-order valence-electron chi connectivity index (χ3n) is 3.46. The molecule has 0 spiro atoms. The van der Waals surface area contributed by atoms with Crippen LogP contribution in [0.4, 0.5) is 0 Å². The first kappa shape index (κ1) is 15.4. The second-order valence-corrected chi connectivity index (χ2v) is 5.59. The van der Waals surface area contributed by atoms with Gasteiger partial charge < -0.3 is 15.7 Å². The monoisotopic (exact) mass is 256 g/mol. The molecule has 18 heavy (non-hydrogen) atoms. The molecule has 1 aliphatic carbocycles. The molecule has 1 amide bonds. The van der Waals surface area contributed by atoms with Crippen LogP contribution >= 0.6 is 0 Å². The van der Waals surface area contributed by atoms with Gasteiger partial charge in [0.1, 0.15) is 0 Å². The van der Waals surface area contributed by atoms with Crippen LogP contribution in [-0.4, -0.2) is 35.7 Å². The Morgan fingerprint density at radius 3 is 2.72 bits per heavy atom. The van der Waals surface area contributed by atoms with Crippen molar-refractivity contribution in [2.24, 2.45) is 0 Å². The Labute approximate surface area is 111 Å². The SMILES string of the molecule is CC(C)NCCCC(=O)NC1CCCCCC1O. The van der Waals surface area contributed by atoms with E-state index >= 15 is 0 Å². The quantitative estimate of drug-likeness (QED) is 0.499. The van der Waals surface area contributed by atoms with E-state index in [0.29, 0.717) is 12.5 Å². The van der Waals surface area contributed by atoms with Crippen molar-refractivity contribution in [1.82, 2.24) is 10.6 Å². The molecular weight excluding hydrogens is 228 g/mol. The molecule has 4 nitrogen and oxygen atoms in total. The number of aliphatic hydroxyl groups is 1. The molecule has 0 aromatic carbocycles. The van der Waals surface area contributed by atoms with Crippen molar-refractivity contribution in [1.29, 1.82) is 0 Å². The molecular formula is C14H28N2O2. The molecule has 2 atom stereocenters. The van der Waals surface area contributed by atoms with Crippen LogP contribution in [0, 0.1) is 0 Å². The van der Waals surface area contributed by atoms with Crippen LogP contribution in [-0.2, 0) is 4.79 Å². The molecule has 4 heteroatoms. The Kier molecular flexibility index (Phi) is 7.28. The minimum Gasteiger partial charge on any atom is -0.391 e. The number of carbonyl (C=O) groups excluding carboxylic acids is 1. The topological polar surface area (TPSA) is 61.4 Å². The Hall–Kier alpha value is -0.610. The molecule has 0 aromatic heterocycles. The summed E-state index contributed by atoms with van der Waals surface area (Å²) >= 11 is 0. The second-order valence-electron chi connectivity index (χ2n) is 5.59. The summed E-state index contributed by atoms with van der Waals surface area (Å²) in [5.74, 6) is 0.0755. The van der Waals surface area contributed by atoms with E-state index in [9.17, 15) is 9.90 Å². The highest BCUT2D eigenvalue weighted by Crippen LogP contribution is 2.18. The van der Waals surface area contributed by atoms with Gasteiger partial charge in [-0.15, -0.1) is 0 Å². The van der Waals surface area contributed by atoms with Gasteiger partial charge in [-0.3, -0.25) is 4.79 Å². The Bertz CT molecular complexity index is 244. The van der Waals surface area contributed by atoms with Crippen LogP contribution in [0.15, 0.2) is 0 Å². The molecule has 1 fully saturated rings. The summed E-state index contributed by atoms with van der Waals surface area (Å²) in [7, 11) is 0. The lowest BCUT2D eigenvalue weighted by Crippen LogP contribution is -2.42. The lowest BCUT2D eigenvalue weighted by molar-refractivity contribution is -0.122. The molecule has 0 saturated heterocycles. The van der Waals surface area contributed by atoms with Crippen molar-refractivity contribution >= 4 is 5.91 Å². The average molecular weight is 256 g/mol. The Balaban J connectivity index is 2.17. The summed E-state index contributed by atoms with van der Waals surface area (Å²) in [6.45, 7) is 5.07. The molecule has 1 rings (SSSR count). The number of rotatable bonds is 6. The predicted octanol–water partition coefficient (Wildman–Crippen LogP) is 1.57. The Morgan fingerprint density at radius 1 is 1.28 bits per heavy atom. The number of hydrogen-bond donors (Lipinski definition) is 3. The van der Waals surface area contributed by atoms with Crippen molar-refractivity contribution < 1.29 is 9.90 Å². The summed E-state index contributed by atoms with van der Waals surface area (Å²) in [4.78, 5) is 11.8. The number of nitrogens with one attached hydrogen (secondary N) is 2. The molecule has 0 aromatic rings. The maximum Gasteiger partial charge on any atom is 0.220 e. The zero-order valence-corrected chi connectivity index (χ0v) is 11.7. The zero-order valence-electron chi connectivity index (χ0n) is 11.7. The first-order valence-corrected chi connectivity index (χ1v) is 7.30.